The molecule has 0 spiro atoms. The summed E-state index contributed by atoms with van der Waals surface area (Å²) in [6.45, 7) is 1.33. The van der Waals surface area contributed by atoms with Crippen LogP contribution in [0.2, 0.25) is 0 Å². The number of carbonyl (C=O) groups excluding carboxylic acids is 1. The number of nitrogens with one attached hydrogen (secondary N) is 1. The first kappa shape index (κ1) is 18.4. The monoisotopic (exact) mass is 348 g/mol. The zero-order valence-electron chi connectivity index (χ0n) is 11.0. The standard InChI is InChI=1S/C14H21BrN2O.ClH/c15-13-8-5-4-7-12(13)11-17-14(18)9-3-1-2-6-10-16;/h4-5,7-8H,1-3,6,9-11,16H2,(H,17,18);1H. The molecule has 0 saturated heterocycles. The highest BCUT2D eigenvalue weighted by Crippen LogP contribution is 2.15. The van der Waals surface area contributed by atoms with Gasteiger partial charge in [-0.05, 0) is 31.0 Å². The van der Waals surface area contributed by atoms with E-state index in [4.69, 9.17) is 5.73 Å². The van der Waals surface area contributed by atoms with Crippen LogP contribution >= 0.6 is 28.3 Å². The first-order valence-electron chi connectivity index (χ1n) is 6.44. The zero-order valence-corrected chi connectivity index (χ0v) is 13.4. The Balaban J connectivity index is 0.00000324. The predicted molar refractivity (Wildman–Crippen MR) is 85.4 cm³/mol. The molecule has 1 aromatic carbocycles. The number of nitrogens with two attached hydrogens (primary N) is 1. The second kappa shape index (κ2) is 11.3. The Morgan fingerprint density at radius 1 is 1.16 bits per heavy atom. The van der Waals surface area contributed by atoms with Crippen LogP contribution in [-0.2, 0) is 11.3 Å². The Morgan fingerprint density at radius 2 is 1.84 bits per heavy atom. The van der Waals surface area contributed by atoms with Crippen molar-refractivity contribution in [3.63, 3.8) is 0 Å². The van der Waals surface area contributed by atoms with Crippen LogP contribution in [0.25, 0.3) is 0 Å². The fourth-order valence-corrected chi connectivity index (χ4v) is 2.13. The lowest BCUT2D eigenvalue weighted by Gasteiger charge is -2.07. The fraction of sp³-hybridized carbons (Fsp3) is 0.500. The van der Waals surface area contributed by atoms with Crippen molar-refractivity contribution in [1.29, 1.82) is 0 Å². The lowest BCUT2D eigenvalue weighted by atomic mass is 10.1. The van der Waals surface area contributed by atoms with Gasteiger partial charge in [0.1, 0.15) is 0 Å². The van der Waals surface area contributed by atoms with Gasteiger partial charge in [0.15, 0.2) is 0 Å². The molecule has 0 atom stereocenters. The summed E-state index contributed by atoms with van der Waals surface area (Å²) in [6, 6.07) is 7.92. The molecule has 3 N–H and O–H groups in total. The molecule has 0 aromatic heterocycles. The molecule has 3 nitrogen and oxygen atoms in total. The Labute approximate surface area is 129 Å². The molecule has 19 heavy (non-hydrogen) atoms. The van der Waals surface area contributed by atoms with Crippen molar-refractivity contribution in [2.75, 3.05) is 6.54 Å². The second-order valence-corrected chi connectivity index (χ2v) is 5.18. The van der Waals surface area contributed by atoms with Crippen LogP contribution in [0, 0.1) is 0 Å². The van der Waals surface area contributed by atoms with Crippen LogP contribution in [0.15, 0.2) is 28.7 Å². The molecule has 1 rings (SSSR count). The summed E-state index contributed by atoms with van der Waals surface area (Å²) in [6.07, 6.45) is 4.81. The summed E-state index contributed by atoms with van der Waals surface area (Å²) < 4.78 is 1.04. The van der Waals surface area contributed by atoms with Gasteiger partial charge < -0.3 is 11.1 Å². The minimum absolute atomic E-state index is 0. The van der Waals surface area contributed by atoms with Gasteiger partial charge in [-0.25, -0.2) is 0 Å². The molecule has 0 saturated carbocycles. The van der Waals surface area contributed by atoms with E-state index >= 15 is 0 Å². The predicted octanol–water partition coefficient (Wildman–Crippen LogP) is 3.40. The third-order valence-corrected chi connectivity index (χ3v) is 3.57. The van der Waals surface area contributed by atoms with Gasteiger partial charge in [0, 0.05) is 17.4 Å². The maximum absolute atomic E-state index is 11.6. The van der Waals surface area contributed by atoms with Crippen LogP contribution in [0.3, 0.4) is 0 Å². The SMILES string of the molecule is Cl.NCCCCCCC(=O)NCc1ccccc1Br. The van der Waals surface area contributed by atoms with E-state index < -0.39 is 0 Å². The minimum atomic E-state index is 0. The zero-order chi connectivity index (χ0) is 13.2. The van der Waals surface area contributed by atoms with Crippen molar-refractivity contribution in [3.05, 3.63) is 34.3 Å². The van der Waals surface area contributed by atoms with E-state index in [2.05, 4.69) is 21.2 Å². The van der Waals surface area contributed by atoms with Gasteiger partial charge in [0.2, 0.25) is 5.91 Å². The van der Waals surface area contributed by atoms with Crippen molar-refractivity contribution < 1.29 is 4.79 Å². The van der Waals surface area contributed by atoms with E-state index in [0.717, 1.165) is 42.3 Å². The van der Waals surface area contributed by atoms with Crippen molar-refractivity contribution in [1.82, 2.24) is 5.32 Å². The molecule has 0 aliphatic heterocycles. The summed E-state index contributed by atoms with van der Waals surface area (Å²) in [7, 11) is 0. The number of benzene rings is 1. The van der Waals surface area contributed by atoms with E-state index in [-0.39, 0.29) is 18.3 Å². The number of rotatable bonds is 8. The van der Waals surface area contributed by atoms with E-state index in [1.807, 2.05) is 24.3 Å². The highest BCUT2D eigenvalue weighted by atomic mass is 79.9. The Morgan fingerprint density at radius 3 is 2.53 bits per heavy atom. The Bertz CT molecular complexity index is 374. The highest BCUT2D eigenvalue weighted by molar-refractivity contribution is 9.10. The largest absolute Gasteiger partial charge is 0.352 e. The molecule has 1 aromatic rings. The molecule has 0 aliphatic carbocycles. The van der Waals surface area contributed by atoms with Gasteiger partial charge in [0.25, 0.3) is 0 Å². The van der Waals surface area contributed by atoms with E-state index in [9.17, 15) is 4.79 Å². The summed E-state index contributed by atoms with van der Waals surface area (Å²) in [4.78, 5) is 11.6. The molecule has 0 radical (unpaired) electrons. The number of amides is 1. The topological polar surface area (TPSA) is 55.1 Å². The molecule has 5 heteroatoms. The molecular weight excluding hydrogens is 328 g/mol. The number of carbonyl (C=O) groups is 1. The molecule has 0 unspecified atom stereocenters. The van der Waals surface area contributed by atoms with E-state index in [0.29, 0.717) is 13.0 Å². The first-order valence-corrected chi connectivity index (χ1v) is 7.23. The second-order valence-electron chi connectivity index (χ2n) is 4.32. The number of unbranched alkanes of at least 4 members (excludes halogenated alkanes) is 3. The van der Waals surface area contributed by atoms with Crippen LogP contribution in [-0.4, -0.2) is 12.5 Å². The van der Waals surface area contributed by atoms with Crippen molar-refractivity contribution in [3.8, 4) is 0 Å². The first-order chi connectivity index (χ1) is 8.74. The quantitative estimate of drug-likeness (QED) is 0.707. The number of hydrogen-bond acceptors (Lipinski definition) is 2. The van der Waals surface area contributed by atoms with Crippen LogP contribution in [0.4, 0.5) is 0 Å². The highest BCUT2D eigenvalue weighted by Gasteiger charge is 2.03. The van der Waals surface area contributed by atoms with E-state index in [1.54, 1.807) is 0 Å². The van der Waals surface area contributed by atoms with Crippen LogP contribution < -0.4 is 11.1 Å². The van der Waals surface area contributed by atoms with Gasteiger partial charge in [-0.1, -0.05) is 47.0 Å². The normalized spacial score (nSPS) is 9.79. The van der Waals surface area contributed by atoms with Gasteiger partial charge in [-0.15, -0.1) is 12.4 Å². The number of halogens is 2. The lowest BCUT2D eigenvalue weighted by molar-refractivity contribution is -0.121. The molecule has 1 amide bonds. The number of hydrogen-bond donors (Lipinski definition) is 2. The summed E-state index contributed by atoms with van der Waals surface area (Å²) >= 11 is 3.46. The van der Waals surface area contributed by atoms with Gasteiger partial charge >= 0.3 is 0 Å². The minimum Gasteiger partial charge on any atom is -0.352 e. The lowest BCUT2D eigenvalue weighted by Crippen LogP contribution is -2.22. The van der Waals surface area contributed by atoms with Crippen molar-refractivity contribution >= 4 is 34.2 Å². The fourth-order valence-electron chi connectivity index (χ4n) is 1.71. The van der Waals surface area contributed by atoms with Gasteiger partial charge in [-0.2, -0.15) is 0 Å². The summed E-state index contributed by atoms with van der Waals surface area (Å²) in [5.74, 6) is 0.124. The molecule has 108 valence electrons. The molecule has 0 fully saturated rings. The van der Waals surface area contributed by atoms with E-state index in [1.165, 1.54) is 0 Å². The third-order valence-electron chi connectivity index (χ3n) is 2.79. The molecule has 0 heterocycles. The maximum Gasteiger partial charge on any atom is 0.220 e. The van der Waals surface area contributed by atoms with Crippen molar-refractivity contribution in [2.24, 2.45) is 5.73 Å². The average molecular weight is 350 g/mol. The smallest absolute Gasteiger partial charge is 0.220 e. The summed E-state index contributed by atoms with van der Waals surface area (Å²) in [5.41, 5.74) is 6.52. The average Bonchev–Trinajstić information content (AvgIpc) is 2.37. The maximum atomic E-state index is 11.6. The Kier molecular flexibility index (Phi) is 10.9. The van der Waals surface area contributed by atoms with Crippen LogP contribution in [0.5, 0.6) is 0 Å². The van der Waals surface area contributed by atoms with Gasteiger partial charge in [0.05, 0.1) is 0 Å². The summed E-state index contributed by atoms with van der Waals surface area (Å²) in [5, 5.41) is 2.94. The van der Waals surface area contributed by atoms with Crippen molar-refractivity contribution in [2.45, 2.75) is 38.6 Å². The molecule has 0 aliphatic rings. The van der Waals surface area contributed by atoms with Crippen LogP contribution in [0.1, 0.15) is 37.7 Å². The Hall–Kier alpha value is -0.580. The molecule has 0 bridgehead atoms. The third kappa shape index (κ3) is 8.24. The molecular formula is C14H22BrClN2O. The van der Waals surface area contributed by atoms with Gasteiger partial charge in [-0.3, -0.25) is 4.79 Å².